The first-order valence-corrected chi connectivity index (χ1v) is 5.43. The van der Waals surface area contributed by atoms with Gasteiger partial charge in [0, 0.05) is 6.42 Å². The molecule has 1 aromatic rings. The van der Waals surface area contributed by atoms with E-state index in [4.69, 9.17) is 0 Å². The van der Waals surface area contributed by atoms with Crippen molar-refractivity contribution in [1.29, 1.82) is 0 Å². The van der Waals surface area contributed by atoms with Crippen molar-refractivity contribution in [2.75, 3.05) is 7.11 Å². The molecule has 2 heteroatoms. The van der Waals surface area contributed by atoms with Gasteiger partial charge in [0.05, 0.1) is 7.11 Å². The molecule has 0 heterocycles. The van der Waals surface area contributed by atoms with Crippen LogP contribution in [0, 0.1) is 5.92 Å². The topological polar surface area (TPSA) is 26.3 Å². The molecule has 0 bridgehead atoms. The second kappa shape index (κ2) is 4.47. The second-order valence-electron chi connectivity index (χ2n) is 4.13. The molecular formula is C13H16O2. The van der Waals surface area contributed by atoms with Crippen molar-refractivity contribution in [3.8, 4) is 0 Å². The Kier molecular flexibility index (Phi) is 3.05. The molecule has 1 fully saturated rings. The number of carbonyl (C=O) groups excluding carboxylic acids is 1. The van der Waals surface area contributed by atoms with Gasteiger partial charge >= 0.3 is 5.97 Å². The first kappa shape index (κ1) is 10.2. The van der Waals surface area contributed by atoms with Gasteiger partial charge in [0.25, 0.3) is 0 Å². The van der Waals surface area contributed by atoms with Crippen molar-refractivity contribution >= 4 is 5.97 Å². The molecule has 1 aliphatic rings. The minimum Gasteiger partial charge on any atom is -0.469 e. The maximum atomic E-state index is 11.0. The molecule has 1 aliphatic carbocycles. The summed E-state index contributed by atoms with van der Waals surface area (Å²) in [4.78, 5) is 11.0. The molecule has 0 amide bonds. The van der Waals surface area contributed by atoms with E-state index in [1.165, 1.54) is 19.1 Å². The maximum Gasteiger partial charge on any atom is 0.305 e. The lowest BCUT2D eigenvalue weighted by molar-refractivity contribution is -0.140. The van der Waals surface area contributed by atoms with Gasteiger partial charge < -0.3 is 4.74 Å². The van der Waals surface area contributed by atoms with Crippen LogP contribution in [0.1, 0.15) is 30.7 Å². The van der Waals surface area contributed by atoms with Crippen molar-refractivity contribution in [3.05, 3.63) is 35.9 Å². The van der Waals surface area contributed by atoms with Gasteiger partial charge in [-0.25, -0.2) is 0 Å². The van der Waals surface area contributed by atoms with Gasteiger partial charge in [0.15, 0.2) is 0 Å². The number of methoxy groups -OCH3 is 1. The fourth-order valence-electron chi connectivity index (χ4n) is 2.08. The van der Waals surface area contributed by atoms with Gasteiger partial charge in [0.2, 0.25) is 0 Å². The van der Waals surface area contributed by atoms with Gasteiger partial charge in [-0.3, -0.25) is 4.79 Å². The number of benzene rings is 1. The summed E-state index contributed by atoms with van der Waals surface area (Å²) >= 11 is 0. The van der Waals surface area contributed by atoms with E-state index >= 15 is 0 Å². The van der Waals surface area contributed by atoms with Crippen LogP contribution >= 0.6 is 0 Å². The highest BCUT2D eigenvalue weighted by atomic mass is 16.5. The summed E-state index contributed by atoms with van der Waals surface area (Å²) in [5.41, 5.74) is 1.41. The zero-order valence-corrected chi connectivity index (χ0v) is 8.98. The summed E-state index contributed by atoms with van der Waals surface area (Å²) in [6.45, 7) is 0. The molecule has 0 N–H and O–H groups in total. The molecule has 1 saturated carbocycles. The van der Waals surface area contributed by atoms with Crippen molar-refractivity contribution in [2.24, 2.45) is 5.92 Å². The first-order valence-electron chi connectivity index (χ1n) is 5.43. The molecule has 2 atom stereocenters. The molecule has 80 valence electrons. The van der Waals surface area contributed by atoms with Crippen molar-refractivity contribution < 1.29 is 9.53 Å². The van der Waals surface area contributed by atoms with Crippen LogP contribution in [0.5, 0.6) is 0 Å². The zero-order chi connectivity index (χ0) is 10.7. The Labute approximate surface area is 90.3 Å². The van der Waals surface area contributed by atoms with Crippen LogP contribution in [0.15, 0.2) is 30.3 Å². The summed E-state index contributed by atoms with van der Waals surface area (Å²) in [6, 6.07) is 10.5. The van der Waals surface area contributed by atoms with Crippen molar-refractivity contribution in [1.82, 2.24) is 0 Å². The predicted molar refractivity (Wildman–Crippen MR) is 58.5 cm³/mol. The minimum absolute atomic E-state index is 0.0892. The highest BCUT2D eigenvalue weighted by molar-refractivity contribution is 5.69. The van der Waals surface area contributed by atoms with Gasteiger partial charge in [-0.15, -0.1) is 0 Å². The molecule has 1 aromatic carbocycles. The molecule has 2 rings (SSSR count). The lowest BCUT2D eigenvalue weighted by Gasteiger charge is -2.00. The Hall–Kier alpha value is -1.31. The third-order valence-electron chi connectivity index (χ3n) is 3.10. The quantitative estimate of drug-likeness (QED) is 0.705. The average molecular weight is 204 g/mol. The third kappa shape index (κ3) is 2.58. The molecule has 15 heavy (non-hydrogen) atoms. The summed E-state index contributed by atoms with van der Waals surface area (Å²) < 4.78 is 4.63. The second-order valence-corrected chi connectivity index (χ2v) is 4.13. The number of ether oxygens (including phenoxy) is 1. The minimum atomic E-state index is -0.0892. The maximum absolute atomic E-state index is 11.0. The van der Waals surface area contributed by atoms with E-state index in [1.54, 1.807) is 0 Å². The molecule has 0 radical (unpaired) electrons. The Morgan fingerprint density at radius 3 is 2.80 bits per heavy atom. The standard InChI is InChI=1S/C13H16O2/c1-15-13(14)8-7-11-9-12(11)10-5-3-2-4-6-10/h2-6,11-12H,7-9H2,1H3/t11-,12+/m0/s1. The molecule has 0 aliphatic heterocycles. The van der Waals surface area contributed by atoms with Gasteiger partial charge in [0.1, 0.15) is 0 Å². The number of esters is 1. The van der Waals surface area contributed by atoms with Crippen LogP contribution < -0.4 is 0 Å². The largest absolute Gasteiger partial charge is 0.469 e. The zero-order valence-electron chi connectivity index (χ0n) is 8.98. The van der Waals surface area contributed by atoms with Crippen LogP contribution in [0.4, 0.5) is 0 Å². The van der Waals surface area contributed by atoms with Crippen LogP contribution in [0.3, 0.4) is 0 Å². The highest BCUT2D eigenvalue weighted by Gasteiger charge is 2.37. The Bertz CT molecular complexity index is 332. The Morgan fingerprint density at radius 2 is 2.13 bits per heavy atom. The van der Waals surface area contributed by atoms with Crippen molar-refractivity contribution in [2.45, 2.75) is 25.2 Å². The molecule has 2 nitrogen and oxygen atoms in total. The highest BCUT2D eigenvalue weighted by Crippen LogP contribution is 2.49. The van der Waals surface area contributed by atoms with E-state index < -0.39 is 0 Å². The normalized spacial score (nSPS) is 23.5. The number of hydrogen-bond acceptors (Lipinski definition) is 2. The summed E-state index contributed by atoms with van der Waals surface area (Å²) in [5, 5.41) is 0. The van der Waals surface area contributed by atoms with Gasteiger partial charge in [-0.05, 0) is 30.2 Å². The smallest absolute Gasteiger partial charge is 0.305 e. The fourth-order valence-corrected chi connectivity index (χ4v) is 2.08. The average Bonchev–Trinajstić information content (AvgIpc) is 3.06. The monoisotopic (exact) mass is 204 g/mol. The predicted octanol–water partition coefficient (Wildman–Crippen LogP) is 2.74. The van der Waals surface area contributed by atoms with E-state index in [9.17, 15) is 4.79 Å². The fraction of sp³-hybridized carbons (Fsp3) is 0.462. The van der Waals surface area contributed by atoms with E-state index in [2.05, 4.69) is 29.0 Å². The summed E-state index contributed by atoms with van der Waals surface area (Å²) in [7, 11) is 1.45. The van der Waals surface area contributed by atoms with Gasteiger partial charge in [-0.1, -0.05) is 30.3 Å². The SMILES string of the molecule is COC(=O)CC[C@H]1C[C@@H]1c1ccccc1. The van der Waals surface area contributed by atoms with Crippen LogP contribution in [0.2, 0.25) is 0 Å². The first-order chi connectivity index (χ1) is 7.31. The van der Waals surface area contributed by atoms with Crippen LogP contribution in [-0.2, 0) is 9.53 Å². The number of rotatable bonds is 4. The number of hydrogen-bond donors (Lipinski definition) is 0. The summed E-state index contributed by atoms with van der Waals surface area (Å²) in [6.07, 6.45) is 2.75. The Balaban J connectivity index is 1.79. The van der Waals surface area contributed by atoms with Crippen LogP contribution in [0.25, 0.3) is 0 Å². The van der Waals surface area contributed by atoms with E-state index in [-0.39, 0.29) is 5.97 Å². The molecule has 0 unspecified atom stereocenters. The molecular weight excluding hydrogens is 188 g/mol. The van der Waals surface area contributed by atoms with E-state index in [1.807, 2.05) is 6.07 Å². The van der Waals surface area contributed by atoms with Crippen molar-refractivity contribution in [3.63, 3.8) is 0 Å². The van der Waals surface area contributed by atoms with Gasteiger partial charge in [-0.2, -0.15) is 0 Å². The molecule has 0 saturated heterocycles. The Morgan fingerprint density at radius 1 is 1.40 bits per heavy atom. The summed E-state index contributed by atoms with van der Waals surface area (Å²) in [5.74, 6) is 1.27. The molecule has 0 aromatic heterocycles. The third-order valence-corrected chi connectivity index (χ3v) is 3.10. The van der Waals surface area contributed by atoms with Crippen LogP contribution in [-0.4, -0.2) is 13.1 Å². The lowest BCUT2D eigenvalue weighted by atomic mass is 10.1. The number of carbonyl (C=O) groups is 1. The van der Waals surface area contributed by atoms with E-state index in [0.29, 0.717) is 18.3 Å². The lowest BCUT2D eigenvalue weighted by Crippen LogP contribution is -2.00. The van der Waals surface area contributed by atoms with E-state index in [0.717, 1.165) is 6.42 Å². The molecule has 0 spiro atoms.